The molecule has 1 unspecified atom stereocenters. The summed E-state index contributed by atoms with van der Waals surface area (Å²) in [4.78, 5) is 10.8. The molecule has 0 bridgehead atoms. The van der Waals surface area contributed by atoms with Gasteiger partial charge in [-0.25, -0.2) is 0 Å². The van der Waals surface area contributed by atoms with Gasteiger partial charge in [0, 0.05) is 0 Å². The highest BCUT2D eigenvalue weighted by Crippen LogP contribution is 2.28. The number of carbonyl (C=O) groups is 1. The topological polar surface area (TPSA) is 37.3 Å². The third-order valence-electron chi connectivity index (χ3n) is 2.17. The van der Waals surface area contributed by atoms with E-state index in [2.05, 4.69) is 0 Å². The zero-order chi connectivity index (χ0) is 9.07. The molecule has 0 amide bonds. The van der Waals surface area contributed by atoms with Gasteiger partial charge in [-0.05, 0) is 19.8 Å². The zero-order valence-corrected chi connectivity index (χ0v) is 7.59. The molecule has 0 spiro atoms. The van der Waals surface area contributed by atoms with E-state index in [0.29, 0.717) is 0 Å². The second kappa shape index (κ2) is 3.56. The third kappa shape index (κ3) is 2.07. The summed E-state index contributed by atoms with van der Waals surface area (Å²) in [6.45, 7) is 7.39. The van der Waals surface area contributed by atoms with Crippen LogP contribution in [0.2, 0.25) is 0 Å². The van der Waals surface area contributed by atoms with Crippen LogP contribution >= 0.6 is 0 Å². The molecule has 0 fully saturated rings. The molecule has 0 saturated heterocycles. The van der Waals surface area contributed by atoms with E-state index < -0.39 is 11.4 Å². The highest BCUT2D eigenvalue weighted by Gasteiger charge is 2.33. The monoisotopic (exact) mass is 156 g/mol. The quantitative estimate of drug-likeness (QED) is 0.636. The summed E-state index contributed by atoms with van der Waals surface area (Å²) in [5.74, 6) is -0.637. The Balaban J connectivity index is 4.66. The maximum atomic E-state index is 10.8. The lowest BCUT2D eigenvalue weighted by Gasteiger charge is -2.24. The van der Waals surface area contributed by atoms with Crippen LogP contribution < -0.4 is 0 Å². The fourth-order valence-electron chi connectivity index (χ4n) is 0.857. The van der Waals surface area contributed by atoms with Crippen LogP contribution in [-0.2, 0) is 4.79 Å². The smallest absolute Gasteiger partial charge is 0.313 e. The molecule has 0 radical (unpaired) electrons. The second-order valence-electron chi connectivity index (χ2n) is 3.24. The summed E-state index contributed by atoms with van der Waals surface area (Å²) in [7, 11) is 0. The lowest BCUT2D eigenvalue weighted by atomic mass is 9.79. The molecule has 0 aromatic rings. The maximum Gasteiger partial charge on any atom is 0.313 e. The SMILES string of the molecule is CC=CC(C)(C(=O)O)C(C)C. The van der Waals surface area contributed by atoms with Crippen molar-refractivity contribution in [3.05, 3.63) is 12.2 Å². The van der Waals surface area contributed by atoms with E-state index >= 15 is 0 Å². The number of aliphatic carboxylic acids is 1. The van der Waals surface area contributed by atoms with Gasteiger partial charge in [0.25, 0.3) is 0 Å². The molecule has 0 heterocycles. The Morgan fingerprint density at radius 3 is 2.09 bits per heavy atom. The van der Waals surface area contributed by atoms with Crippen molar-refractivity contribution in [2.24, 2.45) is 11.3 Å². The van der Waals surface area contributed by atoms with Crippen LogP contribution in [0, 0.1) is 11.3 Å². The molecule has 64 valence electrons. The first-order valence-electron chi connectivity index (χ1n) is 3.82. The van der Waals surface area contributed by atoms with Gasteiger partial charge in [-0.1, -0.05) is 26.0 Å². The van der Waals surface area contributed by atoms with Gasteiger partial charge in [0.1, 0.15) is 0 Å². The molecule has 1 N–H and O–H groups in total. The van der Waals surface area contributed by atoms with Crippen LogP contribution in [0.1, 0.15) is 27.7 Å². The molecule has 0 aliphatic heterocycles. The van der Waals surface area contributed by atoms with Crippen LogP contribution in [-0.4, -0.2) is 11.1 Å². The molecule has 2 heteroatoms. The van der Waals surface area contributed by atoms with Crippen molar-refractivity contribution < 1.29 is 9.90 Å². The van der Waals surface area contributed by atoms with Gasteiger partial charge in [0.2, 0.25) is 0 Å². The standard InChI is InChI=1S/C9H16O2/c1-5-6-9(4,7(2)3)8(10)11/h5-7H,1-4H3,(H,10,11). The normalized spacial score (nSPS) is 17.2. The molecule has 0 aliphatic rings. The number of carboxylic acid groups (broad SMARTS) is 1. The van der Waals surface area contributed by atoms with Crippen molar-refractivity contribution in [1.82, 2.24) is 0 Å². The minimum atomic E-state index is -0.759. The minimum Gasteiger partial charge on any atom is -0.481 e. The Hall–Kier alpha value is -0.790. The summed E-state index contributed by atoms with van der Waals surface area (Å²) in [5, 5.41) is 8.88. The lowest BCUT2D eigenvalue weighted by Crippen LogP contribution is -2.30. The first kappa shape index (κ1) is 10.2. The van der Waals surface area contributed by atoms with Gasteiger partial charge in [-0.15, -0.1) is 0 Å². The molecule has 2 nitrogen and oxygen atoms in total. The maximum absolute atomic E-state index is 10.8. The van der Waals surface area contributed by atoms with Crippen LogP contribution in [0.5, 0.6) is 0 Å². The summed E-state index contributed by atoms with van der Waals surface area (Å²) in [5.41, 5.74) is -0.714. The van der Waals surface area contributed by atoms with Crippen LogP contribution in [0.4, 0.5) is 0 Å². The largest absolute Gasteiger partial charge is 0.481 e. The van der Waals surface area contributed by atoms with Crippen LogP contribution in [0.15, 0.2) is 12.2 Å². The van der Waals surface area contributed by atoms with E-state index in [-0.39, 0.29) is 5.92 Å². The van der Waals surface area contributed by atoms with E-state index in [9.17, 15) is 4.79 Å². The molecule has 0 aliphatic carbocycles. The van der Waals surface area contributed by atoms with Crippen LogP contribution in [0.3, 0.4) is 0 Å². The molecule has 0 aromatic heterocycles. The molecule has 0 saturated carbocycles. The predicted octanol–water partition coefficient (Wildman–Crippen LogP) is 2.31. The molecule has 11 heavy (non-hydrogen) atoms. The van der Waals surface area contributed by atoms with E-state index in [1.54, 1.807) is 19.1 Å². The average molecular weight is 156 g/mol. The van der Waals surface area contributed by atoms with Gasteiger partial charge in [-0.3, -0.25) is 4.79 Å². The van der Waals surface area contributed by atoms with Crippen molar-refractivity contribution in [2.75, 3.05) is 0 Å². The van der Waals surface area contributed by atoms with Crippen molar-refractivity contribution in [1.29, 1.82) is 0 Å². The van der Waals surface area contributed by atoms with Crippen molar-refractivity contribution >= 4 is 5.97 Å². The highest BCUT2D eigenvalue weighted by molar-refractivity contribution is 5.76. The highest BCUT2D eigenvalue weighted by atomic mass is 16.4. The van der Waals surface area contributed by atoms with E-state index in [0.717, 1.165) is 0 Å². The Bertz CT molecular complexity index is 170. The lowest BCUT2D eigenvalue weighted by molar-refractivity contribution is -0.147. The molecule has 0 rings (SSSR count). The third-order valence-corrected chi connectivity index (χ3v) is 2.17. The first-order valence-corrected chi connectivity index (χ1v) is 3.82. The molecular weight excluding hydrogens is 140 g/mol. The summed E-state index contributed by atoms with van der Waals surface area (Å²) in [6, 6.07) is 0. The summed E-state index contributed by atoms with van der Waals surface area (Å²) < 4.78 is 0. The van der Waals surface area contributed by atoms with E-state index in [1.807, 2.05) is 20.8 Å². The van der Waals surface area contributed by atoms with Gasteiger partial charge in [0.05, 0.1) is 5.41 Å². The minimum absolute atomic E-state index is 0.121. The Morgan fingerprint density at radius 1 is 1.55 bits per heavy atom. The average Bonchev–Trinajstić information content (AvgIpc) is 1.87. The van der Waals surface area contributed by atoms with Crippen molar-refractivity contribution in [3.8, 4) is 0 Å². The second-order valence-corrected chi connectivity index (χ2v) is 3.24. The van der Waals surface area contributed by atoms with E-state index in [4.69, 9.17) is 5.11 Å². The van der Waals surface area contributed by atoms with E-state index in [1.165, 1.54) is 0 Å². The number of rotatable bonds is 3. The molecular formula is C9H16O2. The van der Waals surface area contributed by atoms with Gasteiger partial charge >= 0.3 is 5.97 Å². The van der Waals surface area contributed by atoms with Gasteiger partial charge in [-0.2, -0.15) is 0 Å². The fraction of sp³-hybridized carbons (Fsp3) is 0.667. The summed E-state index contributed by atoms with van der Waals surface area (Å²) in [6.07, 6.45) is 3.52. The van der Waals surface area contributed by atoms with Crippen LogP contribution in [0.25, 0.3) is 0 Å². The van der Waals surface area contributed by atoms with Crippen molar-refractivity contribution in [2.45, 2.75) is 27.7 Å². The van der Waals surface area contributed by atoms with Crippen molar-refractivity contribution in [3.63, 3.8) is 0 Å². The zero-order valence-electron chi connectivity index (χ0n) is 7.59. The Labute approximate surface area is 67.9 Å². The molecule has 0 aromatic carbocycles. The number of hydrogen-bond acceptors (Lipinski definition) is 1. The number of carboxylic acids is 1. The number of hydrogen-bond donors (Lipinski definition) is 1. The fourth-order valence-corrected chi connectivity index (χ4v) is 0.857. The van der Waals surface area contributed by atoms with Gasteiger partial charge < -0.3 is 5.11 Å². The first-order chi connectivity index (χ1) is 4.95. The Morgan fingerprint density at radius 2 is 2.00 bits per heavy atom. The molecule has 1 atom stereocenters. The summed E-state index contributed by atoms with van der Waals surface area (Å²) >= 11 is 0. The predicted molar refractivity (Wildman–Crippen MR) is 45.4 cm³/mol. The van der Waals surface area contributed by atoms with Gasteiger partial charge in [0.15, 0.2) is 0 Å². The number of allylic oxidation sites excluding steroid dienone is 1. The Kier molecular flexibility index (Phi) is 3.30.